The number of carboxylic acid groups (broad SMARTS) is 1. The van der Waals surface area contributed by atoms with Crippen molar-refractivity contribution in [3.63, 3.8) is 0 Å². The van der Waals surface area contributed by atoms with Crippen molar-refractivity contribution in [2.24, 2.45) is 5.73 Å². The zero-order valence-corrected chi connectivity index (χ0v) is 10.7. The largest absolute Gasteiger partial charge is 0.480 e. The lowest BCUT2D eigenvalue weighted by Gasteiger charge is -2.28. The van der Waals surface area contributed by atoms with Crippen LogP contribution in [0.1, 0.15) is 18.4 Å². The zero-order valence-electron chi connectivity index (χ0n) is 9.80. The van der Waals surface area contributed by atoms with Gasteiger partial charge in [0.05, 0.1) is 5.66 Å². The van der Waals surface area contributed by atoms with Gasteiger partial charge in [-0.15, -0.1) is 0 Å². The summed E-state index contributed by atoms with van der Waals surface area (Å²) in [6.07, 6.45) is 0. The molecule has 0 bridgehead atoms. The van der Waals surface area contributed by atoms with Crippen molar-refractivity contribution >= 4 is 13.6 Å². The van der Waals surface area contributed by atoms with Crippen molar-refractivity contribution in [1.82, 2.24) is 0 Å². The zero-order chi connectivity index (χ0) is 13.9. The van der Waals surface area contributed by atoms with Crippen LogP contribution in [-0.4, -0.2) is 32.6 Å². The highest BCUT2D eigenvalue weighted by Crippen LogP contribution is 2.48. The molecule has 0 spiro atoms. The molecule has 0 aliphatic carbocycles. The number of hydrogen-bond donors (Lipinski definition) is 4. The minimum Gasteiger partial charge on any atom is -0.480 e. The van der Waals surface area contributed by atoms with Crippen LogP contribution in [0.4, 0.5) is 0 Å². The summed E-state index contributed by atoms with van der Waals surface area (Å²) in [5.74, 6) is -2.23. The van der Waals surface area contributed by atoms with Gasteiger partial charge < -0.3 is 20.6 Å². The number of nitrogens with two attached hydrogens (primary N) is 1. The Hall–Kier alpha value is -1.20. The van der Waals surface area contributed by atoms with Crippen LogP contribution in [0.3, 0.4) is 0 Å². The molecule has 0 radical (unpaired) electrons. The SMILES string of the molecule is C[C@H]([C@@H](c1ccccc1)[C@H](N)C(=O)O)P(=O)(O)O. The third-order valence-corrected chi connectivity index (χ3v) is 4.29. The van der Waals surface area contributed by atoms with E-state index >= 15 is 0 Å². The first-order chi connectivity index (χ1) is 8.25. The molecule has 1 rings (SSSR count). The number of aliphatic carboxylic acids is 1. The maximum absolute atomic E-state index is 11.3. The third-order valence-electron chi connectivity index (χ3n) is 2.91. The fourth-order valence-corrected chi connectivity index (χ4v) is 2.60. The van der Waals surface area contributed by atoms with Gasteiger partial charge in [-0.05, 0) is 5.56 Å². The molecule has 0 amide bonds. The molecule has 0 fully saturated rings. The highest BCUT2D eigenvalue weighted by molar-refractivity contribution is 7.52. The van der Waals surface area contributed by atoms with Crippen molar-refractivity contribution in [3.8, 4) is 0 Å². The molecule has 0 aliphatic rings. The molecule has 0 heterocycles. The molecule has 1 aromatic carbocycles. The summed E-state index contributed by atoms with van der Waals surface area (Å²) < 4.78 is 11.3. The summed E-state index contributed by atoms with van der Waals surface area (Å²) in [5, 5.41) is 8.95. The van der Waals surface area contributed by atoms with Crippen LogP contribution in [0.5, 0.6) is 0 Å². The predicted octanol–water partition coefficient (Wildman–Crippen LogP) is 0.748. The topological polar surface area (TPSA) is 121 Å². The van der Waals surface area contributed by atoms with Gasteiger partial charge in [-0.1, -0.05) is 37.3 Å². The van der Waals surface area contributed by atoms with Gasteiger partial charge >= 0.3 is 13.6 Å². The van der Waals surface area contributed by atoms with E-state index < -0.39 is 31.2 Å². The Morgan fingerprint density at radius 1 is 1.28 bits per heavy atom. The molecule has 0 saturated carbocycles. The van der Waals surface area contributed by atoms with Gasteiger partial charge in [-0.25, -0.2) is 0 Å². The predicted molar refractivity (Wildman–Crippen MR) is 66.3 cm³/mol. The Balaban J connectivity index is 3.19. The molecule has 18 heavy (non-hydrogen) atoms. The maximum atomic E-state index is 11.3. The lowest BCUT2D eigenvalue weighted by atomic mass is 9.89. The average Bonchev–Trinajstić information content (AvgIpc) is 2.29. The van der Waals surface area contributed by atoms with Crippen molar-refractivity contribution in [3.05, 3.63) is 35.9 Å². The Labute approximate surface area is 105 Å². The van der Waals surface area contributed by atoms with Gasteiger partial charge in [0.1, 0.15) is 6.04 Å². The van der Waals surface area contributed by atoms with Gasteiger partial charge in [-0.2, -0.15) is 0 Å². The van der Waals surface area contributed by atoms with Crippen LogP contribution in [0, 0.1) is 0 Å². The molecular formula is C11H16NO5P. The summed E-state index contributed by atoms with van der Waals surface area (Å²) in [5.41, 5.74) is 4.89. The normalized spacial score (nSPS) is 16.9. The van der Waals surface area contributed by atoms with E-state index in [-0.39, 0.29) is 0 Å². The number of carboxylic acids is 1. The summed E-state index contributed by atoms with van der Waals surface area (Å²) in [6.45, 7) is 1.31. The van der Waals surface area contributed by atoms with E-state index in [2.05, 4.69) is 0 Å². The number of rotatable bonds is 5. The first-order valence-corrected chi connectivity index (χ1v) is 7.02. The van der Waals surface area contributed by atoms with Gasteiger partial charge in [-0.3, -0.25) is 9.36 Å². The fraction of sp³-hybridized carbons (Fsp3) is 0.364. The summed E-state index contributed by atoms with van der Waals surface area (Å²) in [6, 6.07) is 6.93. The summed E-state index contributed by atoms with van der Waals surface area (Å²) in [7, 11) is -4.42. The minimum absolute atomic E-state index is 0.503. The standard InChI is InChI=1S/C11H16NO5P/c1-7(18(15,16)17)9(10(12)11(13)14)8-5-3-2-4-6-8/h2-7,9-10H,12H2,1H3,(H,13,14)(H2,15,16,17)/t7-,9+,10+/m1/s1. The Bertz CT molecular complexity index is 458. The Morgan fingerprint density at radius 3 is 2.17 bits per heavy atom. The molecule has 3 atom stereocenters. The number of benzene rings is 1. The van der Waals surface area contributed by atoms with Gasteiger partial charge in [0.15, 0.2) is 0 Å². The van der Waals surface area contributed by atoms with Crippen LogP contribution >= 0.6 is 7.60 Å². The second-order valence-corrected chi connectivity index (χ2v) is 6.12. The highest BCUT2D eigenvalue weighted by Gasteiger charge is 2.39. The average molecular weight is 273 g/mol. The lowest BCUT2D eigenvalue weighted by Crippen LogP contribution is -2.41. The maximum Gasteiger partial charge on any atom is 0.329 e. The van der Waals surface area contributed by atoms with Crippen molar-refractivity contribution in [1.29, 1.82) is 0 Å². The van der Waals surface area contributed by atoms with Crippen LogP contribution in [0.15, 0.2) is 30.3 Å². The van der Waals surface area contributed by atoms with Gasteiger partial charge in [0, 0.05) is 5.92 Å². The second kappa shape index (κ2) is 5.63. The van der Waals surface area contributed by atoms with E-state index in [0.29, 0.717) is 5.56 Å². The monoisotopic (exact) mass is 273 g/mol. The quantitative estimate of drug-likeness (QED) is 0.587. The van der Waals surface area contributed by atoms with Crippen molar-refractivity contribution in [2.75, 3.05) is 0 Å². The van der Waals surface area contributed by atoms with Gasteiger partial charge in [0.25, 0.3) is 0 Å². The van der Waals surface area contributed by atoms with Crippen LogP contribution < -0.4 is 5.73 Å². The van der Waals surface area contributed by atoms with Crippen LogP contribution in [0.2, 0.25) is 0 Å². The smallest absolute Gasteiger partial charge is 0.329 e. The summed E-state index contributed by atoms with van der Waals surface area (Å²) >= 11 is 0. The molecule has 0 aliphatic heterocycles. The van der Waals surface area contributed by atoms with Crippen LogP contribution in [-0.2, 0) is 9.36 Å². The van der Waals surface area contributed by atoms with E-state index in [1.807, 2.05) is 0 Å². The molecule has 0 unspecified atom stereocenters. The highest BCUT2D eigenvalue weighted by atomic mass is 31.2. The first-order valence-electron chi connectivity index (χ1n) is 5.33. The Morgan fingerprint density at radius 2 is 1.78 bits per heavy atom. The second-order valence-electron chi connectivity index (χ2n) is 4.13. The lowest BCUT2D eigenvalue weighted by molar-refractivity contribution is -0.139. The minimum atomic E-state index is -4.42. The van der Waals surface area contributed by atoms with E-state index in [4.69, 9.17) is 10.8 Å². The molecule has 1 aromatic rings. The molecule has 0 aromatic heterocycles. The van der Waals surface area contributed by atoms with E-state index in [1.165, 1.54) is 6.92 Å². The Kier molecular flexibility index (Phi) is 4.65. The van der Waals surface area contributed by atoms with Gasteiger partial charge in [0.2, 0.25) is 0 Å². The third kappa shape index (κ3) is 3.40. The molecule has 7 heteroatoms. The van der Waals surface area contributed by atoms with Crippen LogP contribution in [0.25, 0.3) is 0 Å². The van der Waals surface area contributed by atoms with E-state index in [0.717, 1.165) is 0 Å². The molecule has 100 valence electrons. The molecular weight excluding hydrogens is 257 g/mol. The number of hydrogen-bond acceptors (Lipinski definition) is 3. The number of carbonyl (C=O) groups is 1. The van der Waals surface area contributed by atoms with E-state index in [9.17, 15) is 19.1 Å². The summed E-state index contributed by atoms with van der Waals surface area (Å²) in [4.78, 5) is 29.4. The van der Waals surface area contributed by atoms with Crippen molar-refractivity contribution in [2.45, 2.75) is 24.5 Å². The van der Waals surface area contributed by atoms with E-state index in [1.54, 1.807) is 30.3 Å². The molecule has 0 saturated heterocycles. The molecule has 5 N–H and O–H groups in total. The van der Waals surface area contributed by atoms with Crippen molar-refractivity contribution < 1.29 is 24.3 Å². The molecule has 6 nitrogen and oxygen atoms in total. The fourth-order valence-electron chi connectivity index (χ4n) is 1.82. The first kappa shape index (κ1) is 14.9.